The minimum atomic E-state index is 0.00667. The van der Waals surface area contributed by atoms with Crippen LogP contribution in [0.1, 0.15) is 25.7 Å². The highest BCUT2D eigenvalue weighted by atomic mass is 32.2. The van der Waals surface area contributed by atoms with Crippen molar-refractivity contribution in [3.05, 3.63) is 0 Å². The highest BCUT2D eigenvalue weighted by molar-refractivity contribution is 8.00. The summed E-state index contributed by atoms with van der Waals surface area (Å²) in [5.41, 5.74) is 0. The lowest BCUT2D eigenvalue weighted by Crippen LogP contribution is -2.25. The van der Waals surface area contributed by atoms with Crippen LogP contribution in [-0.2, 0) is 9.53 Å². The molecule has 2 saturated heterocycles. The van der Waals surface area contributed by atoms with Crippen molar-refractivity contribution in [1.82, 2.24) is 0 Å². The molecule has 0 aromatic rings. The van der Waals surface area contributed by atoms with Crippen LogP contribution in [0.2, 0.25) is 0 Å². The molecule has 2 heterocycles. The topological polar surface area (TPSA) is 26.3 Å². The molecule has 2 aliphatic heterocycles. The van der Waals surface area contributed by atoms with Crippen molar-refractivity contribution < 1.29 is 9.53 Å². The van der Waals surface area contributed by atoms with Gasteiger partial charge in [0.25, 0.3) is 0 Å². The summed E-state index contributed by atoms with van der Waals surface area (Å²) < 4.78 is 4.77. The zero-order chi connectivity index (χ0) is 8.55. The molecule has 2 nitrogen and oxygen atoms in total. The van der Waals surface area contributed by atoms with E-state index in [9.17, 15) is 4.79 Å². The smallest absolute Gasteiger partial charge is 0.308 e. The predicted molar refractivity (Wildman–Crippen MR) is 49.1 cm³/mol. The van der Waals surface area contributed by atoms with Crippen molar-refractivity contribution in [3.8, 4) is 0 Å². The van der Waals surface area contributed by atoms with E-state index in [1.807, 2.05) is 0 Å². The van der Waals surface area contributed by atoms with E-state index in [2.05, 4.69) is 11.8 Å². The van der Waals surface area contributed by atoms with Gasteiger partial charge in [-0.1, -0.05) is 0 Å². The fraction of sp³-hybridized carbons (Fsp3) is 0.889. The number of hydrogen-bond donors (Lipinski definition) is 0. The second-order valence-corrected chi connectivity index (χ2v) is 5.25. The van der Waals surface area contributed by atoms with Gasteiger partial charge >= 0.3 is 5.97 Å². The summed E-state index contributed by atoms with van der Waals surface area (Å²) in [6, 6.07) is 0. The monoisotopic (exact) mass is 186 g/mol. The summed E-state index contributed by atoms with van der Waals surface area (Å²) in [6.07, 6.45) is 4.72. The first-order valence-electron chi connectivity index (χ1n) is 4.53. The van der Waals surface area contributed by atoms with E-state index in [0.717, 1.165) is 23.3 Å². The molecule has 68 valence electrons. The molecule has 12 heavy (non-hydrogen) atoms. The molecule has 0 aliphatic carbocycles. The SMILES string of the molecule is COC(=O)C1CC2CCC(C1)S2. The number of ether oxygens (including phenoxy) is 1. The molecule has 2 aliphatic rings. The third kappa shape index (κ3) is 1.47. The minimum absolute atomic E-state index is 0.00667. The highest BCUT2D eigenvalue weighted by Crippen LogP contribution is 2.45. The Kier molecular flexibility index (Phi) is 2.31. The van der Waals surface area contributed by atoms with Crippen LogP contribution >= 0.6 is 11.8 Å². The number of fused-ring (bicyclic) bond motifs is 2. The predicted octanol–water partition coefficient (Wildman–Crippen LogP) is 1.83. The van der Waals surface area contributed by atoms with Crippen molar-refractivity contribution in [2.45, 2.75) is 36.2 Å². The number of methoxy groups -OCH3 is 1. The minimum Gasteiger partial charge on any atom is -0.469 e. The average Bonchev–Trinajstić information content (AvgIpc) is 2.44. The summed E-state index contributed by atoms with van der Waals surface area (Å²) in [4.78, 5) is 11.3. The van der Waals surface area contributed by atoms with Gasteiger partial charge in [0.05, 0.1) is 13.0 Å². The molecule has 3 heteroatoms. The molecule has 2 rings (SSSR count). The van der Waals surface area contributed by atoms with E-state index < -0.39 is 0 Å². The summed E-state index contributed by atoms with van der Waals surface area (Å²) >= 11 is 2.08. The maximum Gasteiger partial charge on any atom is 0.308 e. The Morgan fingerprint density at radius 3 is 2.42 bits per heavy atom. The van der Waals surface area contributed by atoms with Crippen LogP contribution in [0.25, 0.3) is 0 Å². The van der Waals surface area contributed by atoms with Gasteiger partial charge in [-0.05, 0) is 25.7 Å². The van der Waals surface area contributed by atoms with Crippen LogP contribution < -0.4 is 0 Å². The molecule has 2 fully saturated rings. The van der Waals surface area contributed by atoms with Crippen molar-refractivity contribution >= 4 is 17.7 Å². The Morgan fingerprint density at radius 2 is 1.92 bits per heavy atom. The summed E-state index contributed by atoms with van der Waals surface area (Å²) in [5.74, 6) is 0.209. The molecule has 2 bridgehead atoms. The van der Waals surface area contributed by atoms with E-state index in [1.165, 1.54) is 20.0 Å². The Labute approximate surface area is 77.0 Å². The summed E-state index contributed by atoms with van der Waals surface area (Å²) in [6.45, 7) is 0. The molecule has 0 radical (unpaired) electrons. The van der Waals surface area contributed by atoms with Crippen molar-refractivity contribution in [1.29, 1.82) is 0 Å². The maximum atomic E-state index is 11.3. The van der Waals surface area contributed by atoms with E-state index in [1.54, 1.807) is 0 Å². The lowest BCUT2D eigenvalue weighted by Gasteiger charge is -2.24. The fourth-order valence-electron chi connectivity index (χ4n) is 2.22. The molecule has 0 aromatic carbocycles. The third-order valence-electron chi connectivity index (χ3n) is 2.82. The van der Waals surface area contributed by atoms with E-state index in [-0.39, 0.29) is 11.9 Å². The normalized spacial score (nSPS) is 39.6. The molecular formula is C9H14O2S. The van der Waals surface area contributed by atoms with Crippen LogP contribution in [-0.4, -0.2) is 23.6 Å². The summed E-state index contributed by atoms with van der Waals surface area (Å²) in [7, 11) is 1.49. The van der Waals surface area contributed by atoms with Gasteiger partial charge in [-0.3, -0.25) is 4.79 Å². The first-order chi connectivity index (χ1) is 5.79. The highest BCUT2D eigenvalue weighted by Gasteiger charge is 2.38. The number of carbonyl (C=O) groups excluding carboxylic acids is 1. The third-order valence-corrected chi connectivity index (χ3v) is 4.45. The fourth-order valence-corrected chi connectivity index (χ4v) is 3.99. The Balaban J connectivity index is 1.98. The largest absolute Gasteiger partial charge is 0.469 e. The number of hydrogen-bond acceptors (Lipinski definition) is 3. The van der Waals surface area contributed by atoms with Gasteiger partial charge in [0, 0.05) is 10.5 Å². The standard InChI is InChI=1S/C9H14O2S/c1-11-9(10)6-4-7-2-3-8(5-6)12-7/h6-8H,2-5H2,1H3. The van der Waals surface area contributed by atoms with Crippen molar-refractivity contribution in [2.75, 3.05) is 7.11 Å². The second-order valence-electron chi connectivity index (χ2n) is 3.65. The first kappa shape index (κ1) is 8.42. The number of carbonyl (C=O) groups is 1. The Bertz CT molecular complexity index is 181. The lowest BCUT2D eigenvalue weighted by atomic mass is 10.00. The molecule has 0 spiro atoms. The van der Waals surface area contributed by atoms with Crippen molar-refractivity contribution in [3.63, 3.8) is 0 Å². The van der Waals surface area contributed by atoms with E-state index >= 15 is 0 Å². The zero-order valence-electron chi connectivity index (χ0n) is 7.29. The van der Waals surface area contributed by atoms with Crippen LogP contribution in [0.3, 0.4) is 0 Å². The number of thioether (sulfide) groups is 1. The molecule has 0 saturated carbocycles. The molecule has 0 aromatic heterocycles. The number of esters is 1. The van der Waals surface area contributed by atoms with Crippen molar-refractivity contribution in [2.24, 2.45) is 5.92 Å². The molecule has 2 unspecified atom stereocenters. The Hall–Kier alpha value is -0.180. The number of rotatable bonds is 1. The van der Waals surface area contributed by atoms with Gasteiger partial charge in [0.2, 0.25) is 0 Å². The van der Waals surface area contributed by atoms with Gasteiger partial charge < -0.3 is 4.74 Å². The molecular weight excluding hydrogens is 172 g/mol. The summed E-state index contributed by atoms with van der Waals surface area (Å²) in [5, 5.41) is 1.49. The Morgan fingerprint density at radius 1 is 1.33 bits per heavy atom. The zero-order valence-corrected chi connectivity index (χ0v) is 8.10. The maximum absolute atomic E-state index is 11.3. The molecule has 0 N–H and O–H groups in total. The van der Waals surface area contributed by atoms with Gasteiger partial charge in [0.1, 0.15) is 0 Å². The molecule has 2 atom stereocenters. The molecule has 0 amide bonds. The van der Waals surface area contributed by atoms with Gasteiger partial charge in [-0.25, -0.2) is 0 Å². The van der Waals surface area contributed by atoms with Crippen LogP contribution in [0.15, 0.2) is 0 Å². The quantitative estimate of drug-likeness (QED) is 0.584. The van der Waals surface area contributed by atoms with Crippen LogP contribution in [0.4, 0.5) is 0 Å². The van der Waals surface area contributed by atoms with Gasteiger partial charge in [0.15, 0.2) is 0 Å². The average molecular weight is 186 g/mol. The first-order valence-corrected chi connectivity index (χ1v) is 5.47. The van der Waals surface area contributed by atoms with Gasteiger partial charge in [-0.2, -0.15) is 11.8 Å². The van der Waals surface area contributed by atoms with Gasteiger partial charge in [-0.15, -0.1) is 0 Å². The van der Waals surface area contributed by atoms with E-state index in [0.29, 0.717) is 0 Å². The van der Waals surface area contributed by atoms with Crippen LogP contribution in [0.5, 0.6) is 0 Å². The second kappa shape index (κ2) is 3.29. The van der Waals surface area contributed by atoms with E-state index in [4.69, 9.17) is 4.74 Å². The lowest BCUT2D eigenvalue weighted by molar-refractivity contribution is -0.145. The van der Waals surface area contributed by atoms with Crippen LogP contribution in [0, 0.1) is 5.92 Å².